The Morgan fingerprint density at radius 2 is 2.14 bits per heavy atom. The molecule has 0 aliphatic carbocycles. The normalized spacial score (nSPS) is 12.7. The van der Waals surface area contributed by atoms with Gasteiger partial charge in [-0.1, -0.05) is 6.92 Å². The molecule has 0 bridgehead atoms. The topological polar surface area (TPSA) is 33.1 Å². The minimum Gasteiger partial charge on any atom is -0.396 e. The number of pyridine rings is 1. The van der Waals surface area contributed by atoms with E-state index in [0.29, 0.717) is 12.5 Å². The Bertz CT molecular complexity index is 240. The van der Waals surface area contributed by atoms with E-state index in [-0.39, 0.29) is 0 Å². The number of nitrogens with zero attached hydrogens (tertiary/aromatic N) is 1. The number of thioether (sulfide) groups is 1. The van der Waals surface area contributed by atoms with Crippen molar-refractivity contribution in [2.45, 2.75) is 13.3 Å². The van der Waals surface area contributed by atoms with Gasteiger partial charge in [-0.3, -0.25) is 4.98 Å². The van der Waals surface area contributed by atoms with Gasteiger partial charge < -0.3 is 5.11 Å². The molecule has 0 radical (unpaired) electrons. The van der Waals surface area contributed by atoms with Crippen molar-refractivity contribution in [1.82, 2.24) is 4.98 Å². The summed E-state index contributed by atoms with van der Waals surface area (Å²) in [5, 5.41) is 8.83. The van der Waals surface area contributed by atoms with Gasteiger partial charge in [0.2, 0.25) is 0 Å². The van der Waals surface area contributed by atoms with Crippen LogP contribution in [0.4, 0.5) is 0 Å². The lowest BCUT2D eigenvalue weighted by molar-refractivity contribution is 0.250. The molecule has 1 rings (SSSR count). The Balaban J connectivity index is 2.10. The lowest BCUT2D eigenvalue weighted by atomic mass is 10.2. The fraction of sp³-hybridized carbons (Fsp3) is 0.545. The predicted molar refractivity (Wildman–Crippen MR) is 61.5 cm³/mol. The zero-order chi connectivity index (χ0) is 10.2. The summed E-state index contributed by atoms with van der Waals surface area (Å²) in [6.45, 7) is 2.36. The van der Waals surface area contributed by atoms with E-state index in [1.54, 1.807) is 0 Å². The molecular formula is C11H17NOS. The first-order chi connectivity index (χ1) is 6.83. The molecule has 0 saturated carbocycles. The maximum absolute atomic E-state index is 8.83. The predicted octanol–water partition coefficient (Wildman–Crippen LogP) is 1.99. The van der Waals surface area contributed by atoms with Crippen molar-refractivity contribution < 1.29 is 5.11 Å². The van der Waals surface area contributed by atoms with E-state index in [2.05, 4.69) is 24.0 Å². The van der Waals surface area contributed by atoms with Crippen LogP contribution in [0.3, 0.4) is 0 Å². The van der Waals surface area contributed by atoms with E-state index in [0.717, 1.165) is 17.9 Å². The largest absolute Gasteiger partial charge is 0.396 e. The molecule has 2 nitrogen and oxygen atoms in total. The maximum Gasteiger partial charge on any atom is 0.0464 e. The molecule has 14 heavy (non-hydrogen) atoms. The summed E-state index contributed by atoms with van der Waals surface area (Å²) in [5.41, 5.74) is 1.34. The smallest absolute Gasteiger partial charge is 0.0464 e. The summed E-state index contributed by atoms with van der Waals surface area (Å²) >= 11 is 1.90. The first-order valence-corrected chi connectivity index (χ1v) is 6.06. The third-order valence-corrected chi connectivity index (χ3v) is 3.30. The van der Waals surface area contributed by atoms with Crippen molar-refractivity contribution in [2.75, 3.05) is 18.1 Å². The summed E-state index contributed by atoms with van der Waals surface area (Å²) in [7, 11) is 0. The van der Waals surface area contributed by atoms with Crippen molar-refractivity contribution in [3.8, 4) is 0 Å². The molecule has 1 atom stereocenters. The summed E-state index contributed by atoms with van der Waals surface area (Å²) in [4.78, 5) is 3.98. The van der Waals surface area contributed by atoms with Gasteiger partial charge in [-0.2, -0.15) is 11.8 Å². The number of hydrogen-bond acceptors (Lipinski definition) is 3. The van der Waals surface area contributed by atoms with Crippen LogP contribution in [0.25, 0.3) is 0 Å². The van der Waals surface area contributed by atoms with E-state index in [9.17, 15) is 0 Å². The summed E-state index contributed by atoms with van der Waals surface area (Å²) in [5.74, 6) is 2.58. The molecule has 0 aromatic carbocycles. The number of aliphatic hydroxyl groups excluding tert-OH is 1. The van der Waals surface area contributed by atoms with Crippen LogP contribution in [0.5, 0.6) is 0 Å². The molecule has 1 aromatic rings. The van der Waals surface area contributed by atoms with E-state index in [4.69, 9.17) is 5.11 Å². The quantitative estimate of drug-likeness (QED) is 0.730. The minimum atomic E-state index is 0.294. The van der Waals surface area contributed by atoms with Gasteiger partial charge in [-0.25, -0.2) is 0 Å². The first-order valence-electron chi connectivity index (χ1n) is 4.90. The second-order valence-corrected chi connectivity index (χ2v) is 4.62. The van der Waals surface area contributed by atoms with Crippen LogP contribution in [0.1, 0.15) is 12.5 Å². The second-order valence-electron chi connectivity index (χ2n) is 3.47. The Morgan fingerprint density at radius 3 is 2.79 bits per heavy atom. The van der Waals surface area contributed by atoms with Gasteiger partial charge in [0.25, 0.3) is 0 Å². The Labute approximate surface area is 89.8 Å². The molecule has 0 amide bonds. The monoisotopic (exact) mass is 211 g/mol. The van der Waals surface area contributed by atoms with Crippen molar-refractivity contribution in [3.05, 3.63) is 30.1 Å². The lowest BCUT2D eigenvalue weighted by Crippen LogP contribution is -2.04. The molecule has 0 spiro atoms. The number of hydrogen-bond donors (Lipinski definition) is 1. The lowest BCUT2D eigenvalue weighted by Gasteiger charge is -2.06. The Kier molecular flexibility index (Phi) is 5.64. The van der Waals surface area contributed by atoms with Crippen molar-refractivity contribution >= 4 is 11.8 Å². The molecular weight excluding hydrogens is 194 g/mol. The molecule has 1 heterocycles. The van der Waals surface area contributed by atoms with Crippen LogP contribution in [0, 0.1) is 5.92 Å². The molecule has 78 valence electrons. The number of aryl methyl sites for hydroxylation is 1. The molecule has 0 saturated heterocycles. The van der Waals surface area contributed by atoms with Crippen LogP contribution >= 0.6 is 11.8 Å². The molecule has 1 aromatic heterocycles. The maximum atomic E-state index is 8.83. The molecule has 0 aliphatic heterocycles. The second kappa shape index (κ2) is 6.85. The summed E-state index contributed by atoms with van der Waals surface area (Å²) in [6, 6.07) is 4.10. The van der Waals surface area contributed by atoms with Gasteiger partial charge in [-0.15, -0.1) is 0 Å². The van der Waals surface area contributed by atoms with Gasteiger partial charge in [0.15, 0.2) is 0 Å². The van der Waals surface area contributed by atoms with Crippen LogP contribution in [0.15, 0.2) is 24.5 Å². The van der Waals surface area contributed by atoms with E-state index >= 15 is 0 Å². The first kappa shape index (κ1) is 11.5. The van der Waals surface area contributed by atoms with Gasteiger partial charge in [0, 0.05) is 19.0 Å². The zero-order valence-corrected chi connectivity index (χ0v) is 9.33. The van der Waals surface area contributed by atoms with Crippen LogP contribution in [-0.2, 0) is 6.42 Å². The molecule has 0 fully saturated rings. The third kappa shape index (κ3) is 4.63. The fourth-order valence-electron chi connectivity index (χ4n) is 1.08. The number of rotatable bonds is 6. The van der Waals surface area contributed by atoms with Crippen molar-refractivity contribution in [3.63, 3.8) is 0 Å². The van der Waals surface area contributed by atoms with Crippen molar-refractivity contribution in [1.29, 1.82) is 0 Å². The van der Waals surface area contributed by atoms with Crippen LogP contribution in [-0.4, -0.2) is 28.2 Å². The fourth-order valence-corrected chi connectivity index (χ4v) is 2.13. The van der Waals surface area contributed by atoms with Crippen LogP contribution in [0.2, 0.25) is 0 Å². The summed E-state index contributed by atoms with van der Waals surface area (Å²) < 4.78 is 0. The van der Waals surface area contributed by atoms with Gasteiger partial charge in [0.1, 0.15) is 0 Å². The SMILES string of the molecule is CC(CO)CSCCc1ccncc1. The third-order valence-electron chi connectivity index (χ3n) is 2.00. The number of aromatic nitrogens is 1. The van der Waals surface area contributed by atoms with Gasteiger partial charge in [0.05, 0.1) is 0 Å². The standard InChI is InChI=1S/C11H17NOS/c1-10(8-13)9-14-7-4-11-2-5-12-6-3-11/h2-3,5-6,10,13H,4,7-9H2,1H3. The van der Waals surface area contributed by atoms with E-state index in [1.807, 2.05) is 24.2 Å². The highest BCUT2D eigenvalue weighted by Crippen LogP contribution is 2.10. The highest BCUT2D eigenvalue weighted by Gasteiger charge is 1.99. The number of aliphatic hydroxyl groups is 1. The van der Waals surface area contributed by atoms with Crippen LogP contribution < -0.4 is 0 Å². The Morgan fingerprint density at radius 1 is 1.43 bits per heavy atom. The minimum absolute atomic E-state index is 0.294. The molecule has 0 aliphatic rings. The highest BCUT2D eigenvalue weighted by molar-refractivity contribution is 7.99. The van der Waals surface area contributed by atoms with Gasteiger partial charge in [-0.05, 0) is 41.5 Å². The molecule has 1 unspecified atom stereocenters. The average molecular weight is 211 g/mol. The highest BCUT2D eigenvalue weighted by atomic mass is 32.2. The average Bonchev–Trinajstić information content (AvgIpc) is 2.25. The van der Waals surface area contributed by atoms with E-state index in [1.165, 1.54) is 5.56 Å². The van der Waals surface area contributed by atoms with Crippen molar-refractivity contribution in [2.24, 2.45) is 5.92 Å². The molecule has 3 heteroatoms. The molecule has 1 N–H and O–H groups in total. The Hall–Kier alpha value is -0.540. The van der Waals surface area contributed by atoms with Gasteiger partial charge >= 0.3 is 0 Å². The van der Waals surface area contributed by atoms with E-state index < -0.39 is 0 Å². The summed E-state index contributed by atoms with van der Waals surface area (Å²) in [6.07, 6.45) is 4.75. The zero-order valence-electron chi connectivity index (χ0n) is 8.52.